The van der Waals surface area contributed by atoms with Crippen LogP contribution in [0.2, 0.25) is 0 Å². The van der Waals surface area contributed by atoms with Crippen molar-refractivity contribution in [3.63, 3.8) is 0 Å². The van der Waals surface area contributed by atoms with E-state index in [4.69, 9.17) is 0 Å². The van der Waals surface area contributed by atoms with Gasteiger partial charge in [-0.3, -0.25) is 0 Å². The maximum absolute atomic E-state index is 10.8. The fourth-order valence-corrected chi connectivity index (χ4v) is 0.988. The topological polar surface area (TPSA) is 26.3 Å². The lowest BCUT2D eigenvalue weighted by Crippen LogP contribution is -2.04. The summed E-state index contributed by atoms with van der Waals surface area (Å²) in [4.78, 5) is 10.8. The lowest BCUT2D eigenvalue weighted by atomic mass is 10.2. The van der Waals surface area contributed by atoms with Gasteiger partial charge < -0.3 is 4.74 Å². The van der Waals surface area contributed by atoms with Crippen molar-refractivity contribution in [3.8, 4) is 0 Å². The Balaban J connectivity index is 3.61. The van der Waals surface area contributed by atoms with E-state index in [9.17, 15) is 4.79 Å². The monoisotopic (exact) mass is 284 g/mol. The first-order chi connectivity index (χ1) is 5.07. The summed E-state index contributed by atoms with van der Waals surface area (Å²) < 4.78 is 4.71. The summed E-state index contributed by atoms with van der Waals surface area (Å²) in [5, 5.41) is 0. The number of carbonyl (C=O) groups is 1. The quantitative estimate of drug-likeness (QED) is 0.451. The van der Waals surface area contributed by atoms with Crippen molar-refractivity contribution >= 4 is 37.8 Å². The summed E-state index contributed by atoms with van der Waals surface area (Å²) in [5.74, 6) is -0.328. The van der Waals surface area contributed by atoms with E-state index in [-0.39, 0.29) is 9.71 Å². The van der Waals surface area contributed by atoms with Crippen molar-refractivity contribution in [1.82, 2.24) is 0 Å². The van der Waals surface area contributed by atoms with Gasteiger partial charge in [-0.2, -0.15) is 0 Å². The van der Waals surface area contributed by atoms with Gasteiger partial charge >= 0.3 is 5.97 Å². The minimum Gasteiger partial charge on any atom is -0.466 e. The average Bonchev–Trinajstić information content (AvgIpc) is 1.98. The number of alkyl halides is 2. The first kappa shape index (κ1) is 11.2. The fourth-order valence-electron chi connectivity index (χ4n) is 0.530. The summed E-state index contributed by atoms with van der Waals surface area (Å²) in [7, 11) is 1.35. The standard InChI is InChI=1S/C7H10Br2O2/c1-5(7(10)11-2)3-4-6(8)9/h6H,1,3-4H2,2H3. The molecule has 2 nitrogen and oxygen atoms in total. The molecule has 0 N–H and O–H groups in total. The predicted octanol–water partition coefficient (Wildman–Crippen LogP) is 2.61. The zero-order valence-electron chi connectivity index (χ0n) is 6.27. The van der Waals surface area contributed by atoms with Crippen molar-refractivity contribution in [3.05, 3.63) is 12.2 Å². The van der Waals surface area contributed by atoms with E-state index >= 15 is 0 Å². The molecular formula is C7H10Br2O2. The van der Waals surface area contributed by atoms with E-state index < -0.39 is 0 Å². The first-order valence-corrected chi connectivity index (χ1v) is 4.95. The van der Waals surface area contributed by atoms with Crippen LogP contribution in [-0.2, 0) is 9.53 Å². The van der Waals surface area contributed by atoms with E-state index in [2.05, 4.69) is 43.2 Å². The van der Waals surface area contributed by atoms with Crippen LogP contribution in [-0.4, -0.2) is 16.8 Å². The van der Waals surface area contributed by atoms with Gasteiger partial charge in [-0.15, -0.1) is 0 Å². The number of ether oxygens (including phenoxy) is 1. The van der Waals surface area contributed by atoms with Crippen LogP contribution < -0.4 is 0 Å². The van der Waals surface area contributed by atoms with Crippen molar-refractivity contribution in [1.29, 1.82) is 0 Å². The first-order valence-electron chi connectivity index (χ1n) is 3.12. The number of halogens is 2. The molecule has 0 aliphatic carbocycles. The minimum atomic E-state index is -0.328. The predicted molar refractivity (Wildman–Crippen MR) is 52.0 cm³/mol. The van der Waals surface area contributed by atoms with Gasteiger partial charge in [-0.25, -0.2) is 4.79 Å². The molecule has 0 saturated heterocycles. The molecule has 11 heavy (non-hydrogen) atoms. The molecule has 0 amide bonds. The van der Waals surface area contributed by atoms with Crippen LogP contribution in [0.1, 0.15) is 12.8 Å². The number of rotatable bonds is 4. The van der Waals surface area contributed by atoms with Gasteiger partial charge in [-0.1, -0.05) is 38.4 Å². The number of methoxy groups -OCH3 is 1. The van der Waals surface area contributed by atoms with Crippen molar-refractivity contribution < 1.29 is 9.53 Å². The lowest BCUT2D eigenvalue weighted by molar-refractivity contribution is -0.136. The Morgan fingerprint density at radius 1 is 1.64 bits per heavy atom. The molecule has 0 radical (unpaired) electrons. The van der Waals surface area contributed by atoms with Crippen LogP contribution in [0.15, 0.2) is 12.2 Å². The van der Waals surface area contributed by atoms with Crippen LogP contribution >= 0.6 is 31.9 Å². The number of esters is 1. The van der Waals surface area contributed by atoms with Crippen LogP contribution in [0.3, 0.4) is 0 Å². The van der Waals surface area contributed by atoms with Gasteiger partial charge in [0.25, 0.3) is 0 Å². The molecule has 0 aliphatic heterocycles. The van der Waals surface area contributed by atoms with Crippen LogP contribution in [0.4, 0.5) is 0 Å². The molecule has 4 heteroatoms. The second kappa shape index (κ2) is 5.77. The van der Waals surface area contributed by atoms with Gasteiger partial charge in [0.2, 0.25) is 0 Å². The third-order valence-electron chi connectivity index (χ3n) is 1.14. The van der Waals surface area contributed by atoms with Crippen molar-refractivity contribution in [2.24, 2.45) is 0 Å². The lowest BCUT2D eigenvalue weighted by Gasteiger charge is -2.03. The van der Waals surface area contributed by atoms with Gasteiger partial charge in [0, 0.05) is 5.57 Å². The molecule has 0 atom stereocenters. The van der Waals surface area contributed by atoms with Gasteiger partial charge in [0.05, 0.1) is 10.8 Å². The van der Waals surface area contributed by atoms with Crippen molar-refractivity contribution in [2.75, 3.05) is 7.11 Å². The molecule has 64 valence electrons. The smallest absolute Gasteiger partial charge is 0.333 e. The maximum Gasteiger partial charge on any atom is 0.333 e. The SMILES string of the molecule is C=C(CCC(Br)Br)C(=O)OC. The molecule has 0 spiro atoms. The number of hydrogen-bond donors (Lipinski definition) is 0. The molecule has 0 heterocycles. The zero-order chi connectivity index (χ0) is 8.85. The third kappa shape index (κ3) is 5.44. The highest BCUT2D eigenvalue weighted by molar-refractivity contribution is 9.24. The van der Waals surface area contributed by atoms with Crippen LogP contribution in [0, 0.1) is 0 Å². The maximum atomic E-state index is 10.8. The Hall–Kier alpha value is 0.170. The molecule has 0 rings (SSSR count). The molecule has 0 unspecified atom stereocenters. The van der Waals surface area contributed by atoms with Crippen LogP contribution in [0.25, 0.3) is 0 Å². The Kier molecular flexibility index (Phi) is 5.86. The van der Waals surface area contributed by atoms with E-state index in [0.717, 1.165) is 6.42 Å². The highest BCUT2D eigenvalue weighted by Gasteiger charge is 2.07. The third-order valence-corrected chi connectivity index (χ3v) is 2.05. The molecule has 0 aromatic heterocycles. The van der Waals surface area contributed by atoms with E-state index in [1.54, 1.807) is 0 Å². The number of hydrogen-bond acceptors (Lipinski definition) is 2. The zero-order valence-corrected chi connectivity index (χ0v) is 9.44. The van der Waals surface area contributed by atoms with Gasteiger partial charge in [0.15, 0.2) is 0 Å². The second-order valence-electron chi connectivity index (χ2n) is 2.02. The van der Waals surface area contributed by atoms with Crippen LogP contribution in [0.5, 0.6) is 0 Å². The summed E-state index contributed by atoms with van der Waals surface area (Å²) in [5.41, 5.74) is 0.511. The van der Waals surface area contributed by atoms with Crippen molar-refractivity contribution in [2.45, 2.75) is 16.6 Å². The summed E-state index contributed by atoms with van der Waals surface area (Å²) >= 11 is 6.59. The Bertz CT molecular complexity index is 155. The summed E-state index contributed by atoms with van der Waals surface area (Å²) in [6.07, 6.45) is 1.47. The molecule has 0 aromatic carbocycles. The van der Waals surface area contributed by atoms with E-state index in [1.165, 1.54) is 7.11 Å². The Morgan fingerprint density at radius 2 is 2.18 bits per heavy atom. The largest absolute Gasteiger partial charge is 0.466 e. The minimum absolute atomic E-state index is 0.233. The summed E-state index contributed by atoms with van der Waals surface area (Å²) in [6, 6.07) is 0. The number of carbonyl (C=O) groups excluding carboxylic acids is 1. The van der Waals surface area contributed by atoms with E-state index in [0.29, 0.717) is 12.0 Å². The average molecular weight is 286 g/mol. The molecule has 0 saturated carbocycles. The molecular weight excluding hydrogens is 276 g/mol. The van der Waals surface area contributed by atoms with Gasteiger partial charge in [-0.05, 0) is 12.8 Å². The molecule has 0 aromatic rings. The highest BCUT2D eigenvalue weighted by Crippen LogP contribution is 2.17. The summed E-state index contributed by atoms with van der Waals surface area (Å²) in [6.45, 7) is 3.58. The molecule has 0 aliphatic rings. The Morgan fingerprint density at radius 3 is 2.55 bits per heavy atom. The van der Waals surface area contributed by atoms with Gasteiger partial charge in [0.1, 0.15) is 0 Å². The normalized spacial score (nSPS) is 9.82. The second-order valence-corrected chi connectivity index (χ2v) is 5.46. The highest BCUT2D eigenvalue weighted by atomic mass is 79.9. The molecule has 0 fully saturated rings. The van der Waals surface area contributed by atoms with E-state index in [1.807, 2.05) is 0 Å². The molecule has 0 bridgehead atoms. The fraction of sp³-hybridized carbons (Fsp3) is 0.571. The Labute approximate surface area is 83.2 Å².